The summed E-state index contributed by atoms with van der Waals surface area (Å²) >= 11 is 0. The first-order valence-electron chi connectivity index (χ1n) is 13.8. The van der Waals surface area contributed by atoms with E-state index in [1.807, 2.05) is 68.4 Å². The monoisotopic (exact) mass is 574 g/mol. The van der Waals surface area contributed by atoms with Crippen molar-refractivity contribution in [3.8, 4) is 5.75 Å². The molecule has 4 N–H and O–H groups in total. The van der Waals surface area contributed by atoms with Crippen molar-refractivity contribution in [1.29, 1.82) is 0 Å². The zero-order chi connectivity index (χ0) is 30.2. The smallest absolute Gasteiger partial charge is 0.251 e. The Labute approximate surface area is 245 Å². The Kier molecular flexibility index (Phi) is 10.4. The summed E-state index contributed by atoms with van der Waals surface area (Å²) < 4.78 is 33.1. The van der Waals surface area contributed by atoms with Crippen LogP contribution in [-0.2, 0) is 13.0 Å². The van der Waals surface area contributed by atoms with Gasteiger partial charge in [-0.2, -0.15) is 0 Å². The highest BCUT2D eigenvalue weighted by Crippen LogP contribution is 2.26. The molecule has 4 rings (SSSR count). The Morgan fingerprint density at radius 2 is 1.62 bits per heavy atom. The molecule has 220 valence electrons. The van der Waals surface area contributed by atoms with E-state index >= 15 is 0 Å². The van der Waals surface area contributed by atoms with Crippen LogP contribution in [0.15, 0.2) is 84.9 Å². The number of aliphatic hydroxyl groups excluding tert-OH is 2. The summed E-state index contributed by atoms with van der Waals surface area (Å²) in [6.45, 7) is 4.00. The lowest BCUT2D eigenvalue weighted by atomic mass is 9.94. The minimum atomic E-state index is -1.09. The van der Waals surface area contributed by atoms with Gasteiger partial charge in [0.05, 0.1) is 13.2 Å². The van der Waals surface area contributed by atoms with Gasteiger partial charge in [0.15, 0.2) is 0 Å². The van der Waals surface area contributed by atoms with Gasteiger partial charge in [-0.25, -0.2) is 8.78 Å². The van der Waals surface area contributed by atoms with Crippen molar-refractivity contribution in [2.24, 2.45) is 0 Å². The van der Waals surface area contributed by atoms with Crippen molar-refractivity contribution in [2.75, 3.05) is 13.7 Å². The summed E-state index contributed by atoms with van der Waals surface area (Å²) in [7, 11) is 1.57. The Bertz CT molecular complexity index is 1510. The number of amides is 1. The molecular formula is C34H36F2N2O4. The number of aliphatic hydroxyl groups is 2. The molecule has 42 heavy (non-hydrogen) atoms. The second-order valence-corrected chi connectivity index (χ2v) is 10.5. The van der Waals surface area contributed by atoms with Gasteiger partial charge in [0.25, 0.3) is 5.91 Å². The molecule has 4 aromatic rings. The van der Waals surface area contributed by atoms with Gasteiger partial charge in [0.1, 0.15) is 23.5 Å². The second kappa shape index (κ2) is 14.2. The van der Waals surface area contributed by atoms with Gasteiger partial charge in [0, 0.05) is 30.8 Å². The summed E-state index contributed by atoms with van der Waals surface area (Å²) in [6.07, 6.45) is -1.87. The maximum Gasteiger partial charge on any atom is 0.251 e. The van der Waals surface area contributed by atoms with Gasteiger partial charge in [-0.3, -0.25) is 4.79 Å². The van der Waals surface area contributed by atoms with Crippen molar-refractivity contribution in [1.82, 2.24) is 10.6 Å². The lowest BCUT2D eigenvalue weighted by Gasteiger charge is -2.25. The fourth-order valence-corrected chi connectivity index (χ4v) is 4.97. The van der Waals surface area contributed by atoms with Crippen LogP contribution >= 0.6 is 0 Å². The van der Waals surface area contributed by atoms with Gasteiger partial charge in [-0.05, 0) is 90.0 Å². The highest BCUT2D eigenvalue weighted by Gasteiger charge is 2.22. The van der Waals surface area contributed by atoms with E-state index in [1.54, 1.807) is 19.2 Å². The molecule has 0 radical (unpaired) electrons. The van der Waals surface area contributed by atoms with Crippen LogP contribution in [0, 0.1) is 25.5 Å². The molecule has 0 heterocycles. The van der Waals surface area contributed by atoms with E-state index in [0.29, 0.717) is 29.0 Å². The van der Waals surface area contributed by atoms with Gasteiger partial charge in [0.2, 0.25) is 0 Å². The molecule has 0 fully saturated rings. The van der Waals surface area contributed by atoms with E-state index in [1.165, 1.54) is 12.1 Å². The number of nitrogens with one attached hydrogen (secondary N) is 2. The van der Waals surface area contributed by atoms with Crippen LogP contribution in [0.4, 0.5) is 8.78 Å². The second-order valence-electron chi connectivity index (χ2n) is 10.5. The summed E-state index contributed by atoms with van der Waals surface area (Å²) in [4.78, 5) is 13.2. The average molecular weight is 575 g/mol. The summed E-state index contributed by atoms with van der Waals surface area (Å²) in [5.74, 6) is -1.15. The number of methoxy groups -OCH3 is 1. The normalized spacial score (nSPS) is 13.3. The zero-order valence-electron chi connectivity index (χ0n) is 23.9. The summed E-state index contributed by atoms with van der Waals surface area (Å²) in [5, 5.41) is 28.2. The molecule has 0 aliphatic rings. The van der Waals surface area contributed by atoms with Crippen LogP contribution in [0.2, 0.25) is 0 Å². The van der Waals surface area contributed by atoms with Crippen LogP contribution in [0.5, 0.6) is 5.75 Å². The van der Waals surface area contributed by atoms with Crippen molar-refractivity contribution in [2.45, 2.75) is 45.1 Å². The number of hydrogen-bond donors (Lipinski definition) is 4. The number of carbonyl (C=O) groups is 1. The van der Waals surface area contributed by atoms with Crippen molar-refractivity contribution in [3.05, 3.63) is 136 Å². The molecule has 0 bridgehead atoms. The third kappa shape index (κ3) is 8.22. The van der Waals surface area contributed by atoms with E-state index in [9.17, 15) is 23.8 Å². The summed E-state index contributed by atoms with van der Waals surface area (Å²) in [5.41, 5.74) is 4.68. The number of halogens is 2. The molecule has 6 nitrogen and oxygen atoms in total. The van der Waals surface area contributed by atoms with Crippen LogP contribution in [0.25, 0.3) is 0 Å². The van der Waals surface area contributed by atoms with E-state index < -0.39 is 35.8 Å². The fourth-order valence-electron chi connectivity index (χ4n) is 4.97. The van der Waals surface area contributed by atoms with Gasteiger partial charge in [-0.15, -0.1) is 0 Å². The van der Waals surface area contributed by atoms with E-state index in [2.05, 4.69) is 10.6 Å². The Hall–Kier alpha value is -4.11. The molecule has 4 aromatic carbocycles. The van der Waals surface area contributed by atoms with Crippen LogP contribution in [0.3, 0.4) is 0 Å². The number of aryl methyl sites for hydroxylation is 2. The standard InChI is InChI=1S/C34H36F2N2O4/c1-21-11-25(33(40)30-10-5-4-7-22(30)2)17-26(12-21)34(41)38-20-32(39)31(16-24-13-27(35)18-28(36)14-24)37-19-23-8-6-9-29(15-23)42-3/h4-15,17-18,31-33,37,39-40H,16,19-20H2,1-3H3,(H,38,41). The number of benzene rings is 4. The lowest BCUT2D eigenvalue weighted by Crippen LogP contribution is -2.47. The molecule has 1 amide bonds. The first-order valence-corrected chi connectivity index (χ1v) is 13.8. The van der Waals surface area contributed by atoms with E-state index in [0.717, 1.165) is 28.3 Å². The number of hydrogen-bond acceptors (Lipinski definition) is 5. The first-order chi connectivity index (χ1) is 20.1. The van der Waals surface area contributed by atoms with Crippen LogP contribution in [-0.4, -0.2) is 41.9 Å². The van der Waals surface area contributed by atoms with Crippen molar-refractivity contribution >= 4 is 5.91 Å². The maximum atomic E-state index is 13.9. The van der Waals surface area contributed by atoms with E-state index in [4.69, 9.17) is 4.74 Å². The number of rotatable bonds is 12. The molecule has 0 aromatic heterocycles. The molecule has 3 atom stereocenters. The average Bonchev–Trinajstić information content (AvgIpc) is 2.97. The maximum absolute atomic E-state index is 13.9. The molecule has 3 unspecified atom stereocenters. The predicted octanol–water partition coefficient (Wildman–Crippen LogP) is 5.16. The molecule has 0 aliphatic carbocycles. The molecule has 8 heteroatoms. The molecule has 0 saturated heterocycles. The Morgan fingerprint density at radius 1 is 0.881 bits per heavy atom. The van der Waals surface area contributed by atoms with Gasteiger partial charge < -0.3 is 25.6 Å². The van der Waals surface area contributed by atoms with Gasteiger partial charge >= 0.3 is 0 Å². The van der Waals surface area contributed by atoms with Crippen LogP contribution < -0.4 is 15.4 Å². The zero-order valence-corrected chi connectivity index (χ0v) is 23.9. The molecular weight excluding hydrogens is 538 g/mol. The first kappa shape index (κ1) is 30.8. The molecule has 0 aliphatic heterocycles. The van der Waals surface area contributed by atoms with Crippen LogP contribution in [0.1, 0.15) is 49.8 Å². The third-order valence-corrected chi connectivity index (χ3v) is 7.18. The van der Waals surface area contributed by atoms with E-state index in [-0.39, 0.29) is 13.0 Å². The Morgan fingerprint density at radius 3 is 2.33 bits per heavy atom. The predicted molar refractivity (Wildman–Crippen MR) is 158 cm³/mol. The minimum absolute atomic E-state index is 0.115. The minimum Gasteiger partial charge on any atom is -0.497 e. The van der Waals surface area contributed by atoms with Crippen molar-refractivity contribution in [3.63, 3.8) is 0 Å². The molecule has 0 spiro atoms. The quantitative estimate of drug-likeness (QED) is 0.188. The largest absolute Gasteiger partial charge is 0.497 e. The lowest BCUT2D eigenvalue weighted by molar-refractivity contribution is 0.0874. The summed E-state index contributed by atoms with van der Waals surface area (Å²) in [6, 6.07) is 22.7. The number of carbonyl (C=O) groups excluding carboxylic acids is 1. The fraction of sp³-hybridized carbons (Fsp3) is 0.265. The van der Waals surface area contributed by atoms with Gasteiger partial charge in [-0.1, -0.05) is 42.5 Å². The highest BCUT2D eigenvalue weighted by atomic mass is 19.1. The third-order valence-electron chi connectivity index (χ3n) is 7.18. The highest BCUT2D eigenvalue weighted by molar-refractivity contribution is 5.94. The van der Waals surface area contributed by atoms with Crippen molar-refractivity contribution < 1.29 is 28.5 Å². The topological polar surface area (TPSA) is 90.8 Å². The molecule has 0 saturated carbocycles. The Balaban J connectivity index is 1.48. The SMILES string of the molecule is COc1cccc(CNC(Cc2cc(F)cc(F)c2)C(O)CNC(=O)c2cc(C)cc(C(O)c3ccccc3C)c2)c1. The number of ether oxygens (including phenoxy) is 1.